The first-order chi connectivity index (χ1) is 21.7. The zero-order valence-corrected chi connectivity index (χ0v) is 28.4. The molecule has 252 valence electrons. The molecule has 0 bridgehead atoms. The number of nitrogens with one attached hydrogen (secondary N) is 5. The number of benzene rings is 1. The molecule has 10 nitrogen and oxygen atoms in total. The summed E-state index contributed by atoms with van der Waals surface area (Å²) in [5.74, 6) is 4.43. The lowest BCUT2D eigenvalue weighted by Crippen LogP contribution is -2.38. The molecule has 1 aliphatic heterocycles. The van der Waals surface area contributed by atoms with Crippen molar-refractivity contribution in [3.05, 3.63) is 95.0 Å². The molecule has 0 saturated carbocycles. The molecule has 1 saturated heterocycles. The molecule has 3 rings (SSSR count). The molecule has 0 unspecified atom stereocenters. The third-order valence-corrected chi connectivity index (χ3v) is 6.33. The van der Waals surface area contributed by atoms with Gasteiger partial charge in [0.2, 0.25) is 0 Å². The van der Waals surface area contributed by atoms with Crippen LogP contribution in [0.15, 0.2) is 83.9 Å². The number of piperidine rings is 1. The molecule has 1 aromatic carbocycles. The molecule has 0 spiro atoms. The molecular formula is C34H55ClN6O4. The van der Waals surface area contributed by atoms with Crippen molar-refractivity contribution >= 4 is 34.6 Å². The van der Waals surface area contributed by atoms with E-state index in [1.54, 1.807) is 19.1 Å². The van der Waals surface area contributed by atoms with Crippen LogP contribution in [0, 0.1) is 5.41 Å². The second-order valence-electron chi connectivity index (χ2n) is 8.96. The number of fused-ring (bicyclic) bond motifs is 1. The Kier molecular flexibility index (Phi) is 26.9. The van der Waals surface area contributed by atoms with Crippen molar-refractivity contribution in [1.29, 1.82) is 5.41 Å². The number of anilines is 1. The number of halogens is 1. The maximum absolute atomic E-state index is 12.2. The molecule has 1 heterocycles. The zero-order valence-electron chi connectivity index (χ0n) is 27.6. The van der Waals surface area contributed by atoms with Gasteiger partial charge in [-0.05, 0) is 93.6 Å². The van der Waals surface area contributed by atoms with Crippen LogP contribution in [0.5, 0.6) is 0 Å². The Morgan fingerprint density at radius 3 is 2.20 bits per heavy atom. The van der Waals surface area contributed by atoms with E-state index in [0.29, 0.717) is 12.1 Å². The Morgan fingerprint density at radius 1 is 1.09 bits per heavy atom. The predicted octanol–water partition coefficient (Wildman–Crippen LogP) is 6.85. The molecule has 1 aliphatic carbocycles. The number of rotatable bonds is 10. The van der Waals surface area contributed by atoms with E-state index in [1.165, 1.54) is 56.7 Å². The molecule has 0 atom stereocenters. The summed E-state index contributed by atoms with van der Waals surface area (Å²) in [6, 6.07) is 5.51. The summed E-state index contributed by atoms with van der Waals surface area (Å²) in [5.41, 5.74) is 9.35. The molecular weight excluding hydrogens is 592 g/mol. The van der Waals surface area contributed by atoms with Crippen molar-refractivity contribution in [2.75, 3.05) is 25.0 Å². The number of aryl methyl sites for hydroxylation is 1. The van der Waals surface area contributed by atoms with Crippen LogP contribution in [0.4, 0.5) is 5.69 Å². The molecule has 1 aromatic rings. The summed E-state index contributed by atoms with van der Waals surface area (Å²) in [6.45, 7) is 19.0. The molecule has 0 radical (unpaired) electrons. The molecule has 11 heteroatoms. The fourth-order valence-electron chi connectivity index (χ4n) is 3.96. The highest BCUT2D eigenvalue weighted by molar-refractivity contribution is 6.60. The molecule has 0 aromatic heterocycles. The average Bonchev–Trinajstić information content (AvgIpc) is 3.08. The molecule has 2 aliphatic rings. The Morgan fingerprint density at radius 2 is 1.73 bits per heavy atom. The monoisotopic (exact) mass is 646 g/mol. The van der Waals surface area contributed by atoms with E-state index >= 15 is 0 Å². The fourth-order valence-corrected chi connectivity index (χ4v) is 4.13. The first-order valence-corrected chi connectivity index (χ1v) is 15.8. The Labute approximate surface area is 275 Å². The van der Waals surface area contributed by atoms with Gasteiger partial charge in [0.15, 0.2) is 11.5 Å². The van der Waals surface area contributed by atoms with Gasteiger partial charge in [-0.15, -0.1) is 0 Å². The first kappa shape index (κ1) is 43.5. The predicted molar refractivity (Wildman–Crippen MR) is 191 cm³/mol. The maximum atomic E-state index is 12.2. The van der Waals surface area contributed by atoms with Crippen LogP contribution in [0.1, 0.15) is 77.8 Å². The number of allylic oxidation sites excluding steroid dienone is 5. The normalized spacial score (nSPS) is 14.2. The number of nitrogens with two attached hydrogens (primary N) is 1. The largest absolute Gasteiger partial charge is 0.504 e. The minimum Gasteiger partial charge on any atom is -0.504 e. The lowest BCUT2D eigenvalue weighted by molar-refractivity contribution is -0.110. The number of carbonyl (C=O) groups excluding carboxylic acids is 1. The Bertz CT molecular complexity index is 1160. The first-order valence-electron chi connectivity index (χ1n) is 15.4. The van der Waals surface area contributed by atoms with Gasteiger partial charge in [-0.3, -0.25) is 16.0 Å². The van der Waals surface area contributed by atoms with Crippen LogP contribution >= 0.6 is 11.6 Å². The van der Waals surface area contributed by atoms with E-state index < -0.39 is 5.91 Å². The van der Waals surface area contributed by atoms with Gasteiger partial charge in [0, 0.05) is 17.9 Å². The van der Waals surface area contributed by atoms with Gasteiger partial charge < -0.3 is 31.4 Å². The van der Waals surface area contributed by atoms with Crippen LogP contribution in [-0.2, 0) is 11.2 Å². The van der Waals surface area contributed by atoms with Gasteiger partial charge in [0.25, 0.3) is 5.91 Å². The van der Waals surface area contributed by atoms with Crippen LogP contribution in [0.2, 0.25) is 0 Å². The van der Waals surface area contributed by atoms with Crippen LogP contribution in [-0.4, -0.2) is 46.6 Å². The van der Waals surface area contributed by atoms with Gasteiger partial charge in [-0.1, -0.05) is 77.1 Å². The highest BCUT2D eigenvalue weighted by Crippen LogP contribution is 2.32. The lowest BCUT2D eigenvalue weighted by Gasteiger charge is -2.24. The van der Waals surface area contributed by atoms with E-state index in [9.17, 15) is 9.90 Å². The second kappa shape index (κ2) is 27.8. The number of hydrazine groups is 2. The second-order valence-corrected chi connectivity index (χ2v) is 9.37. The van der Waals surface area contributed by atoms with Gasteiger partial charge in [-0.2, -0.15) is 5.53 Å². The topological polar surface area (TPSA) is 176 Å². The smallest absolute Gasteiger partial charge is 0.275 e. The van der Waals surface area contributed by atoms with Crippen molar-refractivity contribution in [2.24, 2.45) is 5.84 Å². The number of hydrogen-bond acceptors (Lipinski definition) is 9. The summed E-state index contributed by atoms with van der Waals surface area (Å²) in [5, 5.41) is 40.5. The molecule has 1 fully saturated rings. The fraction of sp³-hybridized carbons (Fsp3) is 0.412. The van der Waals surface area contributed by atoms with Crippen molar-refractivity contribution in [3.63, 3.8) is 0 Å². The standard InChI is InChI=1S/C18H22ClN5O2.C7H10O2.C5H11N.2C2H6/c1-2-3-15(19)16(20)18(26)22-13-7-6-11-4-5-12(8-9-25)17(23-24-21)14(11)10-13;1-3-5-7(9)6(8)4-2;1-2-4-6-5-3-1;2*1-2/h2-3,6-7,10,20,23-25H,1,4-5,8-9,21H2,(H,22,26);3-5,8-9H,2H2,1H3;6H,1-5H2;2*1-2H3/b15-3+,20-16?;5-3-,7-6-;;;. The number of carbonyl (C=O) groups is 1. The van der Waals surface area contributed by atoms with E-state index in [-0.39, 0.29) is 28.9 Å². The highest BCUT2D eigenvalue weighted by Gasteiger charge is 2.20. The van der Waals surface area contributed by atoms with Crippen molar-refractivity contribution in [1.82, 2.24) is 16.3 Å². The minimum absolute atomic E-state index is 0.00951. The van der Waals surface area contributed by atoms with Gasteiger partial charge >= 0.3 is 0 Å². The number of amides is 1. The Balaban J connectivity index is 0. The summed E-state index contributed by atoms with van der Waals surface area (Å²) in [6.07, 6.45) is 13.4. The third kappa shape index (κ3) is 17.4. The Hall–Kier alpha value is -3.67. The molecule has 1 amide bonds. The third-order valence-electron chi connectivity index (χ3n) is 6.01. The average molecular weight is 647 g/mol. The van der Waals surface area contributed by atoms with Crippen LogP contribution < -0.4 is 27.4 Å². The SMILES string of the molecule is C1CCNCC1.C=C/C(O)=C(O)\C=C/C.C=C/C=C(/Cl)C(=N)C(=O)Nc1ccc2c(c1)C(NNN)=C(CCO)CC2.CC.CC. The quantitative estimate of drug-likeness (QED) is 0.0436. The number of aliphatic hydroxyl groups is 3. The van der Waals surface area contributed by atoms with Gasteiger partial charge in [0.05, 0.1) is 10.7 Å². The minimum atomic E-state index is -0.616. The van der Waals surface area contributed by atoms with Gasteiger partial charge in [0.1, 0.15) is 5.71 Å². The van der Waals surface area contributed by atoms with E-state index in [2.05, 4.69) is 34.8 Å². The zero-order chi connectivity index (χ0) is 34.6. The van der Waals surface area contributed by atoms with Crippen molar-refractivity contribution < 1.29 is 20.1 Å². The van der Waals surface area contributed by atoms with Crippen molar-refractivity contribution in [2.45, 2.75) is 73.1 Å². The summed E-state index contributed by atoms with van der Waals surface area (Å²) < 4.78 is 0. The highest BCUT2D eigenvalue weighted by atomic mass is 35.5. The van der Waals surface area contributed by atoms with E-state index in [4.69, 9.17) is 33.1 Å². The van der Waals surface area contributed by atoms with Crippen LogP contribution in [0.25, 0.3) is 5.70 Å². The number of aliphatic hydroxyl groups excluding tert-OH is 3. The summed E-state index contributed by atoms with van der Waals surface area (Å²) in [4.78, 5) is 12.2. The van der Waals surface area contributed by atoms with E-state index in [1.807, 2.05) is 39.8 Å². The van der Waals surface area contributed by atoms with Gasteiger partial charge in [-0.25, -0.2) is 0 Å². The van der Waals surface area contributed by atoms with E-state index in [0.717, 1.165) is 35.2 Å². The lowest BCUT2D eigenvalue weighted by atomic mass is 9.88. The summed E-state index contributed by atoms with van der Waals surface area (Å²) >= 11 is 5.87. The van der Waals surface area contributed by atoms with Crippen LogP contribution in [0.3, 0.4) is 0 Å². The summed E-state index contributed by atoms with van der Waals surface area (Å²) in [7, 11) is 0. The maximum Gasteiger partial charge on any atom is 0.275 e. The number of hydrogen-bond donors (Lipinski definition) is 9. The molecule has 45 heavy (non-hydrogen) atoms. The van der Waals surface area contributed by atoms with Crippen molar-refractivity contribution in [3.8, 4) is 0 Å². The molecule has 10 N–H and O–H groups in total.